The van der Waals surface area contributed by atoms with Gasteiger partial charge in [-0.05, 0) is 25.7 Å². The van der Waals surface area contributed by atoms with Gasteiger partial charge in [0.05, 0.1) is 0 Å². The van der Waals surface area contributed by atoms with Crippen molar-refractivity contribution in [3.05, 3.63) is 11.9 Å². The van der Waals surface area contributed by atoms with Crippen LogP contribution < -0.4 is 16.6 Å². The van der Waals surface area contributed by atoms with E-state index in [1.807, 2.05) is 13.0 Å². The van der Waals surface area contributed by atoms with Gasteiger partial charge in [0.25, 0.3) is 0 Å². The standard InChI is InChI=1S/C12H21N5/c1-3-9-14-10(8-11(15-9)17-13)16-12(4-2)6-5-7-12/h8H,3-7,13H2,1-2H3,(H2,14,15,16,17). The molecule has 0 radical (unpaired) electrons. The van der Waals surface area contributed by atoms with Crippen molar-refractivity contribution < 1.29 is 0 Å². The molecule has 1 saturated carbocycles. The number of hydrazine groups is 1. The van der Waals surface area contributed by atoms with Crippen molar-refractivity contribution in [1.82, 2.24) is 9.97 Å². The van der Waals surface area contributed by atoms with E-state index >= 15 is 0 Å². The molecule has 0 spiro atoms. The van der Waals surface area contributed by atoms with E-state index in [4.69, 9.17) is 5.84 Å². The quantitative estimate of drug-likeness (QED) is 0.538. The van der Waals surface area contributed by atoms with Crippen molar-refractivity contribution in [2.24, 2.45) is 5.84 Å². The monoisotopic (exact) mass is 235 g/mol. The number of nitrogens with one attached hydrogen (secondary N) is 2. The van der Waals surface area contributed by atoms with Crippen molar-refractivity contribution in [2.45, 2.75) is 51.5 Å². The molecule has 1 fully saturated rings. The van der Waals surface area contributed by atoms with Crippen LogP contribution >= 0.6 is 0 Å². The molecule has 1 aliphatic carbocycles. The van der Waals surface area contributed by atoms with Crippen LogP contribution in [0.4, 0.5) is 11.6 Å². The average Bonchev–Trinajstić information content (AvgIpc) is 2.33. The number of rotatable bonds is 5. The number of anilines is 2. The van der Waals surface area contributed by atoms with Gasteiger partial charge in [-0.2, -0.15) is 0 Å². The Balaban J connectivity index is 2.19. The molecule has 1 aromatic heterocycles. The third-order valence-electron chi connectivity index (χ3n) is 3.62. The fraction of sp³-hybridized carbons (Fsp3) is 0.667. The maximum atomic E-state index is 5.42. The second-order valence-electron chi connectivity index (χ2n) is 4.66. The first-order valence-corrected chi connectivity index (χ1v) is 6.34. The molecule has 0 saturated heterocycles. The number of aryl methyl sites for hydroxylation is 1. The first kappa shape index (κ1) is 12.1. The summed E-state index contributed by atoms with van der Waals surface area (Å²) in [4.78, 5) is 8.78. The van der Waals surface area contributed by atoms with E-state index in [9.17, 15) is 0 Å². The van der Waals surface area contributed by atoms with Crippen molar-refractivity contribution >= 4 is 11.6 Å². The fourth-order valence-corrected chi connectivity index (χ4v) is 2.24. The van der Waals surface area contributed by atoms with E-state index in [0.29, 0.717) is 5.82 Å². The molecule has 1 aliphatic rings. The van der Waals surface area contributed by atoms with Crippen molar-refractivity contribution in [3.8, 4) is 0 Å². The number of hydrogen-bond donors (Lipinski definition) is 3. The molecule has 17 heavy (non-hydrogen) atoms. The van der Waals surface area contributed by atoms with E-state index < -0.39 is 0 Å². The van der Waals surface area contributed by atoms with Gasteiger partial charge in [-0.15, -0.1) is 0 Å². The van der Waals surface area contributed by atoms with Gasteiger partial charge in [0.2, 0.25) is 0 Å². The van der Waals surface area contributed by atoms with Gasteiger partial charge in [0, 0.05) is 18.0 Å². The van der Waals surface area contributed by atoms with E-state index in [1.165, 1.54) is 19.3 Å². The highest BCUT2D eigenvalue weighted by Crippen LogP contribution is 2.37. The Kier molecular flexibility index (Phi) is 3.47. The fourth-order valence-electron chi connectivity index (χ4n) is 2.24. The molecule has 0 amide bonds. The van der Waals surface area contributed by atoms with Crippen LogP contribution in [0, 0.1) is 0 Å². The predicted octanol–water partition coefficient (Wildman–Crippen LogP) is 2.07. The lowest BCUT2D eigenvalue weighted by atomic mass is 9.75. The highest BCUT2D eigenvalue weighted by Gasteiger charge is 2.35. The SMILES string of the molecule is CCc1nc(NN)cc(NC2(CC)CCC2)n1. The number of nitrogen functional groups attached to an aromatic ring is 1. The maximum absolute atomic E-state index is 5.42. The molecule has 5 nitrogen and oxygen atoms in total. The molecule has 1 heterocycles. The van der Waals surface area contributed by atoms with Crippen molar-refractivity contribution in [3.63, 3.8) is 0 Å². The summed E-state index contributed by atoms with van der Waals surface area (Å²) >= 11 is 0. The van der Waals surface area contributed by atoms with Crippen molar-refractivity contribution in [1.29, 1.82) is 0 Å². The van der Waals surface area contributed by atoms with Gasteiger partial charge in [0.15, 0.2) is 0 Å². The minimum atomic E-state index is 0.241. The molecule has 0 atom stereocenters. The molecule has 94 valence electrons. The molecular weight excluding hydrogens is 214 g/mol. The summed E-state index contributed by atoms with van der Waals surface area (Å²) in [7, 11) is 0. The Morgan fingerprint density at radius 1 is 1.29 bits per heavy atom. The minimum Gasteiger partial charge on any atom is -0.364 e. The van der Waals surface area contributed by atoms with Crippen LogP contribution in [-0.4, -0.2) is 15.5 Å². The molecule has 0 unspecified atom stereocenters. The first-order valence-electron chi connectivity index (χ1n) is 6.34. The number of nitrogens with zero attached hydrogens (tertiary/aromatic N) is 2. The van der Waals surface area contributed by atoms with Crippen molar-refractivity contribution in [2.75, 3.05) is 10.7 Å². The average molecular weight is 235 g/mol. The van der Waals surface area contributed by atoms with Crippen LogP contribution in [0.2, 0.25) is 0 Å². The molecule has 0 aromatic carbocycles. The van der Waals surface area contributed by atoms with Crippen LogP contribution in [0.1, 0.15) is 45.4 Å². The lowest BCUT2D eigenvalue weighted by Gasteiger charge is -2.42. The summed E-state index contributed by atoms with van der Waals surface area (Å²) in [6.45, 7) is 4.26. The number of aromatic nitrogens is 2. The Morgan fingerprint density at radius 3 is 2.47 bits per heavy atom. The first-order chi connectivity index (χ1) is 8.21. The lowest BCUT2D eigenvalue weighted by molar-refractivity contribution is 0.268. The zero-order valence-corrected chi connectivity index (χ0v) is 10.6. The third kappa shape index (κ3) is 2.49. The maximum Gasteiger partial charge on any atom is 0.145 e. The van der Waals surface area contributed by atoms with Gasteiger partial charge < -0.3 is 10.7 Å². The van der Waals surface area contributed by atoms with Crippen LogP contribution in [0.15, 0.2) is 6.07 Å². The van der Waals surface area contributed by atoms with E-state index in [0.717, 1.165) is 24.5 Å². The molecular formula is C12H21N5. The zero-order chi connectivity index (χ0) is 12.3. The van der Waals surface area contributed by atoms with Crippen LogP contribution in [0.5, 0.6) is 0 Å². The van der Waals surface area contributed by atoms with Gasteiger partial charge >= 0.3 is 0 Å². The molecule has 4 N–H and O–H groups in total. The van der Waals surface area contributed by atoms with Gasteiger partial charge in [0.1, 0.15) is 17.5 Å². The Labute approximate surface area is 102 Å². The summed E-state index contributed by atoms with van der Waals surface area (Å²) < 4.78 is 0. The van der Waals surface area contributed by atoms with Gasteiger partial charge in [-0.1, -0.05) is 13.8 Å². The van der Waals surface area contributed by atoms with Gasteiger partial charge in [-0.25, -0.2) is 15.8 Å². The molecule has 5 heteroatoms. The topological polar surface area (TPSA) is 75.9 Å². The molecule has 2 rings (SSSR count). The van der Waals surface area contributed by atoms with Crippen LogP contribution in [-0.2, 0) is 6.42 Å². The molecule has 0 bridgehead atoms. The lowest BCUT2D eigenvalue weighted by Crippen LogP contribution is -2.44. The van der Waals surface area contributed by atoms with Gasteiger partial charge in [-0.3, -0.25) is 0 Å². The van der Waals surface area contributed by atoms with Crippen LogP contribution in [0.3, 0.4) is 0 Å². The molecule has 0 aliphatic heterocycles. The smallest absolute Gasteiger partial charge is 0.145 e. The molecule has 1 aromatic rings. The summed E-state index contributed by atoms with van der Waals surface area (Å²) in [6, 6.07) is 1.87. The normalized spacial score (nSPS) is 17.4. The summed E-state index contributed by atoms with van der Waals surface area (Å²) in [5.74, 6) is 7.78. The van der Waals surface area contributed by atoms with E-state index in [-0.39, 0.29) is 5.54 Å². The Morgan fingerprint density at radius 2 is 2.00 bits per heavy atom. The van der Waals surface area contributed by atoms with E-state index in [1.54, 1.807) is 0 Å². The Hall–Kier alpha value is -1.36. The second kappa shape index (κ2) is 4.87. The van der Waals surface area contributed by atoms with Crippen LogP contribution in [0.25, 0.3) is 0 Å². The second-order valence-corrected chi connectivity index (χ2v) is 4.66. The highest BCUT2D eigenvalue weighted by atomic mass is 15.3. The Bertz CT molecular complexity index is 359. The summed E-state index contributed by atoms with van der Waals surface area (Å²) in [5.41, 5.74) is 2.83. The summed E-state index contributed by atoms with van der Waals surface area (Å²) in [6.07, 6.45) is 5.68. The minimum absolute atomic E-state index is 0.241. The predicted molar refractivity (Wildman–Crippen MR) is 69.7 cm³/mol. The zero-order valence-electron chi connectivity index (χ0n) is 10.6. The largest absolute Gasteiger partial charge is 0.364 e. The highest BCUT2D eigenvalue weighted by molar-refractivity contribution is 5.48. The van der Waals surface area contributed by atoms with E-state index in [2.05, 4.69) is 27.6 Å². The number of nitrogens with two attached hydrogens (primary N) is 1. The summed E-state index contributed by atoms with van der Waals surface area (Å²) in [5, 5.41) is 3.54. The third-order valence-corrected chi connectivity index (χ3v) is 3.62. The number of hydrogen-bond acceptors (Lipinski definition) is 5.